The number of carboxylic acid groups (broad SMARTS) is 1. The molecular formula is C20H21NO3. The van der Waals surface area contributed by atoms with Crippen molar-refractivity contribution in [2.75, 3.05) is 7.05 Å². The van der Waals surface area contributed by atoms with Gasteiger partial charge in [-0.3, -0.25) is 4.79 Å². The van der Waals surface area contributed by atoms with E-state index in [0.717, 1.165) is 24.0 Å². The van der Waals surface area contributed by atoms with Gasteiger partial charge in [-0.1, -0.05) is 42.5 Å². The Morgan fingerprint density at radius 2 is 1.71 bits per heavy atom. The fourth-order valence-electron chi connectivity index (χ4n) is 3.05. The second-order valence-electron chi connectivity index (χ2n) is 6.42. The Bertz CT molecular complexity index is 720. The van der Waals surface area contributed by atoms with Crippen LogP contribution >= 0.6 is 0 Å². The van der Waals surface area contributed by atoms with E-state index in [2.05, 4.69) is 0 Å². The normalized spacial score (nSPS) is 14.9. The Kier molecular flexibility index (Phi) is 4.65. The van der Waals surface area contributed by atoms with Crippen LogP contribution in [0, 0.1) is 5.92 Å². The molecule has 0 saturated heterocycles. The molecule has 1 aliphatic carbocycles. The lowest BCUT2D eigenvalue weighted by Gasteiger charge is -2.24. The number of carboxylic acids is 1. The topological polar surface area (TPSA) is 57.6 Å². The monoisotopic (exact) mass is 323 g/mol. The molecule has 1 amide bonds. The summed E-state index contributed by atoms with van der Waals surface area (Å²) in [6, 6.07) is 16.6. The van der Waals surface area contributed by atoms with E-state index >= 15 is 0 Å². The molecule has 0 heterocycles. The molecule has 2 aromatic carbocycles. The van der Waals surface area contributed by atoms with Gasteiger partial charge in [-0.15, -0.1) is 0 Å². The van der Waals surface area contributed by atoms with E-state index in [4.69, 9.17) is 5.11 Å². The van der Waals surface area contributed by atoms with Crippen LogP contribution in [0.5, 0.6) is 0 Å². The SMILES string of the molecule is CN(Cc1ccc(C(=O)O)cc1)C(=O)C(c1ccccc1)C1CC1. The Morgan fingerprint density at radius 3 is 2.25 bits per heavy atom. The van der Waals surface area contributed by atoms with Gasteiger partial charge in [0.2, 0.25) is 5.91 Å². The number of amides is 1. The van der Waals surface area contributed by atoms with Gasteiger partial charge in [0, 0.05) is 13.6 Å². The molecule has 2 aromatic rings. The molecule has 0 radical (unpaired) electrons. The number of hydrogen-bond donors (Lipinski definition) is 1. The summed E-state index contributed by atoms with van der Waals surface area (Å²) in [7, 11) is 1.81. The quantitative estimate of drug-likeness (QED) is 0.884. The molecule has 4 heteroatoms. The Labute approximate surface area is 141 Å². The highest BCUT2D eigenvalue weighted by Gasteiger charge is 2.38. The van der Waals surface area contributed by atoms with Crippen molar-refractivity contribution in [1.29, 1.82) is 0 Å². The standard InChI is InChI=1S/C20H21NO3/c1-21(13-14-7-9-17(10-8-14)20(23)24)19(22)18(16-11-12-16)15-5-3-2-4-6-15/h2-10,16,18H,11-13H2,1H3,(H,23,24). The van der Waals surface area contributed by atoms with Gasteiger partial charge in [0.1, 0.15) is 0 Å². The zero-order chi connectivity index (χ0) is 17.1. The summed E-state index contributed by atoms with van der Waals surface area (Å²) in [6.07, 6.45) is 2.21. The second kappa shape index (κ2) is 6.87. The van der Waals surface area contributed by atoms with E-state index < -0.39 is 5.97 Å². The summed E-state index contributed by atoms with van der Waals surface area (Å²) < 4.78 is 0. The van der Waals surface area contributed by atoms with E-state index in [0.29, 0.717) is 12.5 Å². The fourth-order valence-corrected chi connectivity index (χ4v) is 3.05. The van der Waals surface area contributed by atoms with E-state index in [1.165, 1.54) is 0 Å². The number of rotatable bonds is 6. The lowest BCUT2D eigenvalue weighted by Crippen LogP contribution is -2.32. The smallest absolute Gasteiger partial charge is 0.335 e. The maximum atomic E-state index is 12.9. The maximum absolute atomic E-state index is 12.9. The van der Waals surface area contributed by atoms with Crippen LogP contribution in [-0.4, -0.2) is 28.9 Å². The molecule has 124 valence electrons. The number of nitrogens with zero attached hydrogens (tertiary/aromatic N) is 1. The summed E-state index contributed by atoms with van der Waals surface area (Å²) in [4.78, 5) is 25.6. The molecule has 0 aromatic heterocycles. The number of carbonyl (C=O) groups excluding carboxylic acids is 1. The Morgan fingerprint density at radius 1 is 1.08 bits per heavy atom. The minimum Gasteiger partial charge on any atom is -0.478 e. The summed E-state index contributed by atoms with van der Waals surface area (Å²) in [5, 5.41) is 8.95. The highest BCUT2D eigenvalue weighted by molar-refractivity contribution is 5.87. The maximum Gasteiger partial charge on any atom is 0.335 e. The molecule has 1 aliphatic rings. The predicted molar refractivity (Wildman–Crippen MR) is 91.8 cm³/mol. The van der Waals surface area contributed by atoms with Crippen molar-refractivity contribution in [3.05, 3.63) is 71.3 Å². The first kappa shape index (κ1) is 16.2. The average molecular weight is 323 g/mol. The zero-order valence-corrected chi connectivity index (χ0v) is 13.7. The van der Waals surface area contributed by atoms with Gasteiger partial charge in [0.25, 0.3) is 0 Å². The van der Waals surface area contributed by atoms with E-state index in [1.54, 1.807) is 29.2 Å². The third-order valence-electron chi connectivity index (χ3n) is 4.52. The molecule has 1 unspecified atom stereocenters. The lowest BCUT2D eigenvalue weighted by molar-refractivity contribution is -0.132. The molecule has 0 bridgehead atoms. The first-order valence-electron chi connectivity index (χ1n) is 8.18. The first-order chi connectivity index (χ1) is 11.6. The molecule has 3 rings (SSSR count). The van der Waals surface area contributed by atoms with E-state index in [-0.39, 0.29) is 17.4 Å². The van der Waals surface area contributed by atoms with Gasteiger partial charge >= 0.3 is 5.97 Å². The minimum atomic E-state index is -0.941. The molecule has 1 saturated carbocycles. The summed E-state index contributed by atoms with van der Waals surface area (Å²) >= 11 is 0. The van der Waals surface area contributed by atoms with Crippen LogP contribution < -0.4 is 0 Å². The van der Waals surface area contributed by atoms with E-state index in [1.807, 2.05) is 37.4 Å². The van der Waals surface area contributed by atoms with Gasteiger partial charge in [-0.2, -0.15) is 0 Å². The van der Waals surface area contributed by atoms with Crippen molar-refractivity contribution in [2.45, 2.75) is 25.3 Å². The van der Waals surface area contributed by atoms with Crippen LogP contribution in [0.2, 0.25) is 0 Å². The van der Waals surface area contributed by atoms with E-state index in [9.17, 15) is 9.59 Å². The Balaban J connectivity index is 1.72. The van der Waals surface area contributed by atoms with Gasteiger partial charge in [0.15, 0.2) is 0 Å². The van der Waals surface area contributed by atoms with Crippen molar-refractivity contribution in [3.8, 4) is 0 Å². The number of likely N-dealkylation sites (N-methyl/N-ethyl adjacent to an activating group) is 1. The minimum absolute atomic E-state index is 0.0745. The average Bonchev–Trinajstić information content (AvgIpc) is 3.41. The summed E-state index contributed by atoms with van der Waals surface area (Å²) in [5.41, 5.74) is 2.27. The fraction of sp³-hybridized carbons (Fsp3) is 0.300. The number of aromatic carboxylic acids is 1. The van der Waals surface area contributed by atoms with Gasteiger partial charge in [-0.05, 0) is 42.0 Å². The summed E-state index contributed by atoms with van der Waals surface area (Å²) in [5.74, 6) is -0.443. The lowest BCUT2D eigenvalue weighted by atomic mass is 9.92. The number of benzene rings is 2. The molecular weight excluding hydrogens is 302 g/mol. The van der Waals surface area contributed by atoms with Crippen LogP contribution in [-0.2, 0) is 11.3 Å². The molecule has 1 N–H and O–H groups in total. The number of hydrogen-bond acceptors (Lipinski definition) is 2. The largest absolute Gasteiger partial charge is 0.478 e. The van der Waals surface area contributed by atoms with Crippen molar-refractivity contribution in [1.82, 2.24) is 4.90 Å². The van der Waals surface area contributed by atoms with Gasteiger partial charge < -0.3 is 10.0 Å². The Hall–Kier alpha value is -2.62. The molecule has 24 heavy (non-hydrogen) atoms. The van der Waals surface area contributed by atoms with Crippen LogP contribution in [0.4, 0.5) is 0 Å². The molecule has 4 nitrogen and oxygen atoms in total. The van der Waals surface area contributed by atoms with Crippen molar-refractivity contribution >= 4 is 11.9 Å². The number of carbonyl (C=O) groups is 2. The van der Waals surface area contributed by atoms with Crippen LogP contribution in [0.15, 0.2) is 54.6 Å². The van der Waals surface area contributed by atoms with Crippen LogP contribution in [0.25, 0.3) is 0 Å². The predicted octanol–water partition coefficient (Wildman–Crippen LogP) is 3.54. The third-order valence-corrected chi connectivity index (χ3v) is 4.52. The molecule has 0 aliphatic heterocycles. The highest BCUT2D eigenvalue weighted by atomic mass is 16.4. The van der Waals surface area contributed by atoms with Gasteiger partial charge in [0.05, 0.1) is 11.5 Å². The first-order valence-corrected chi connectivity index (χ1v) is 8.18. The molecule has 1 atom stereocenters. The summed E-state index contributed by atoms with van der Waals surface area (Å²) in [6.45, 7) is 0.481. The molecule has 1 fully saturated rings. The molecule has 0 spiro atoms. The van der Waals surface area contributed by atoms with Crippen LogP contribution in [0.1, 0.15) is 40.2 Å². The van der Waals surface area contributed by atoms with Crippen LogP contribution in [0.3, 0.4) is 0 Å². The van der Waals surface area contributed by atoms with Crippen molar-refractivity contribution in [2.24, 2.45) is 5.92 Å². The zero-order valence-electron chi connectivity index (χ0n) is 13.7. The van der Waals surface area contributed by atoms with Crippen molar-refractivity contribution in [3.63, 3.8) is 0 Å². The van der Waals surface area contributed by atoms with Crippen molar-refractivity contribution < 1.29 is 14.7 Å². The highest BCUT2D eigenvalue weighted by Crippen LogP contribution is 2.43. The van der Waals surface area contributed by atoms with Gasteiger partial charge in [-0.25, -0.2) is 4.79 Å². The second-order valence-corrected chi connectivity index (χ2v) is 6.42. The third kappa shape index (κ3) is 3.65.